The highest BCUT2D eigenvalue weighted by Gasteiger charge is 2.11. The highest BCUT2D eigenvalue weighted by atomic mass is 16.1. The Morgan fingerprint density at radius 2 is 1.57 bits per heavy atom. The minimum atomic E-state index is -0.120. The van der Waals surface area contributed by atoms with E-state index in [1.807, 2.05) is 12.1 Å². The first-order valence-corrected chi connectivity index (χ1v) is 10.4. The van der Waals surface area contributed by atoms with Gasteiger partial charge in [-0.15, -0.1) is 0 Å². The summed E-state index contributed by atoms with van der Waals surface area (Å²) < 4.78 is 0. The molecule has 3 aromatic rings. The SMILES string of the molecule is Nc1cccc(C(=O)NCc2cccc(-c3cccc(CN4CCNCC4)c3)c2)c1. The lowest BCUT2D eigenvalue weighted by molar-refractivity contribution is 0.0951. The first kappa shape index (κ1) is 20.1. The van der Waals surface area contributed by atoms with Crippen LogP contribution >= 0.6 is 0 Å². The van der Waals surface area contributed by atoms with Crippen molar-refractivity contribution in [1.29, 1.82) is 0 Å². The average molecular weight is 401 g/mol. The van der Waals surface area contributed by atoms with Gasteiger partial charge >= 0.3 is 0 Å². The van der Waals surface area contributed by atoms with Crippen LogP contribution in [0.1, 0.15) is 21.5 Å². The molecule has 5 nitrogen and oxygen atoms in total. The molecule has 0 unspecified atom stereocenters. The fourth-order valence-electron chi connectivity index (χ4n) is 3.80. The van der Waals surface area contributed by atoms with Crippen molar-refractivity contribution < 1.29 is 4.79 Å². The van der Waals surface area contributed by atoms with Crippen LogP contribution in [0.15, 0.2) is 72.8 Å². The number of nitrogens with one attached hydrogen (secondary N) is 2. The third-order valence-electron chi connectivity index (χ3n) is 5.40. The molecule has 3 aromatic carbocycles. The summed E-state index contributed by atoms with van der Waals surface area (Å²) in [5.74, 6) is -0.120. The van der Waals surface area contributed by atoms with E-state index in [4.69, 9.17) is 5.73 Å². The molecule has 1 fully saturated rings. The summed E-state index contributed by atoms with van der Waals surface area (Å²) in [6.45, 7) is 5.75. The highest BCUT2D eigenvalue weighted by Crippen LogP contribution is 2.22. The van der Waals surface area contributed by atoms with E-state index in [1.165, 1.54) is 11.1 Å². The minimum absolute atomic E-state index is 0.120. The van der Waals surface area contributed by atoms with Crippen molar-refractivity contribution in [3.8, 4) is 11.1 Å². The number of hydrogen-bond donors (Lipinski definition) is 3. The first-order valence-electron chi connectivity index (χ1n) is 10.4. The summed E-state index contributed by atoms with van der Waals surface area (Å²) in [5.41, 5.74) is 11.7. The number of nitrogens with two attached hydrogens (primary N) is 1. The molecule has 1 aliphatic rings. The van der Waals surface area contributed by atoms with Crippen molar-refractivity contribution in [3.05, 3.63) is 89.5 Å². The molecule has 0 aliphatic carbocycles. The normalized spacial score (nSPS) is 14.4. The van der Waals surface area contributed by atoms with Gasteiger partial charge < -0.3 is 16.4 Å². The molecule has 1 heterocycles. The molecule has 5 heteroatoms. The van der Waals surface area contributed by atoms with Crippen molar-refractivity contribution in [3.63, 3.8) is 0 Å². The predicted molar refractivity (Wildman–Crippen MR) is 122 cm³/mol. The second-order valence-electron chi connectivity index (χ2n) is 7.74. The number of benzene rings is 3. The van der Waals surface area contributed by atoms with Crippen molar-refractivity contribution in [1.82, 2.24) is 15.5 Å². The number of piperazine rings is 1. The monoisotopic (exact) mass is 400 g/mol. The number of carbonyl (C=O) groups is 1. The van der Waals surface area contributed by atoms with E-state index in [-0.39, 0.29) is 5.91 Å². The molecule has 0 radical (unpaired) electrons. The molecular weight excluding hydrogens is 372 g/mol. The zero-order valence-electron chi connectivity index (χ0n) is 17.1. The zero-order valence-corrected chi connectivity index (χ0v) is 17.1. The molecule has 1 amide bonds. The summed E-state index contributed by atoms with van der Waals surface area (Å²) >= 11 is 0. The second-order valence-corrected chi connectivity index (χ2v) is 7.74. The number of amides is 1. The van der Waals surface area contributed by atoms with Crippen LogP contribution in [0.2, 0.25) is 0 Å². The Labute approximate surface area is 177 Å². The van der Waals surface area contributed by atoms with Crippen molar-refractivity contribution in [2.24, 2.45) is 0 Å². The van der Waals surface area contributed by atoms with Crippen molar-refractivity contribution in [2.75, 3.05) is 31.9 Å². The standard InChI is InChI=1S/C25H28N4O/c26-24-9-3-8-23(16-24)25(30)28-17-19-4-1-6-21(14-19)22-7-2-5-20(15-22)18-29-12-10-27-11-13-29/h1-9,14-16,27H,10-13,17-18,26H2,(H,28,30). The van der Waals surface area contributed by atoms with Crippen LogP contribution in [0.3, 0.4) is 0 Å². The largest absolute Gasteiger partial charge is 0.399 e. The van der Waals surface area contributed by atoms with Crippen LogP contribution in [0, 0.1) is 0 Å². The van der Waals surface area contributed by atoms with Gasteiger partial charge in [-0.2, -0.15) is 0 Å². The van der Waals surface area contributed by atoms with E-state index in [9.17, 15) is 4.79 Å². The number of anilines is 1. The molecule has 0 saturated carbocycles. The van der Waals surface area contributed by atoms with Crippen LogP contribution < -0.4 is 16.4 Å². The topological polar surface area (TPSA) is 70.4 Å². The molecule has 154 valence electrons. The Hall–Kier alpha value is -3.15. The first-order chi connectivity index (χ1) is 14.7. The number of hydrogen-bond acceptors (Lipinski definition) is 4. The Morgan fingerprint density at radius 1 is 0.900 bits per heavy atom. The molecule has 30 heavy (non-hydrogen) atoms. The summed E-state index contributed by atoms with van der Waals surface area (Å²) in [6.07, 6.45) is 0. The number of carbonyl (C=O) groups excluding carboxylic acids is 1. The molecule has 0 aromatic heterocycles. The van der Waals surface area contributed by atoms with E-state index in [0.29, 0.717) is 17.8 Å². The molecular formula is C25H28N4O. The Kier molecular flexibility index (Phi) is 6.42. The van der Waals surface area contributed by atoms with Gasteiger partial charge in [0, 0.05) is 50.5 Å². The van der Waals surface area contributed by atoms with Crippen LogP contribution in [-0.2, 0) is 13.1 Å². The lowest BCUT2D eigenvalue weighted by Crippen LogP contribution is -2.42. The maximum Gasteiger partial charge on any atom is 0.251 e. The highest BCUT2D eigenvalue weighted by molar-refractivity contribution is 5.94. The van der Waals surface area contributed by atoms with Crippen LogP contribution in [0.25, 0.3) is 11.1 Å². The van der Waals surface area contributed by atoms with Gasteiger partial charge in [0.1, 0.15) is 0 Å². The van der Waals surface area contributed by atoms with Gasteiger partial charge in [0.05, 0.1) is 0 Å². The van der Waals surface area contributed by atoms with E-state index >= 15 is 0 Å². The molecule has 0 spiro atoms. The second kappa shape index (κ2) is 9.57. The van der Waals surface area contributed by atoms with E-state index < -0.39 is 0 Å². The lowest BCUT2D eigenvalue weighted by Gasteiger charge is -2.27. The minimum Gasteiger partial charge on any atom is -0.399 e. The fourth-order valence-corrected chi connectivity index (χ4v) is 3.80. The molecule has 1 saturated heterocycles. The zero-order chi connectivity index (χ0) is 20.8. The molecule has 0 bridgehead atoms. The van der Waals surface area contributed by atoms with Crippen LogP contribution in [0.4, 0.5) is 5.69 Å². The number of rotatable bonds is 6. The molecule has 4 rings (SSSR count). The van der Waals surface area contributed by atoms with Gasteiger partial charge in [-0.05, 0) is 52.6 Å². The Balaban J connectivity index is 1.42. The maximum absolute atomic E-state index is 12.4. The molecule has 0 atom stereocenters. The third kappa shape index (κ3) is 5.26. The van der Waals surface area contributed by atoms with Gasteiger partial charge in [-0.3, -0.25) is 9.69 Å². The van der Waals surface area contributed by atoms with E-state index in [1.54, 1.807) is 24.3 Å². The quantitative estimate of drug-likeness (QED) is 0.556. The Morgan fingerprint density at radius 3 is 2.30 bits per heavy atom. The van der Waals surface area contributed by atoms with Gasteiger partial charge in [-0.1, -0.05) is 42.5 Å². The van der Waals surface area contributed by atoms with E-state index in [0.717, 1.165) is 43.9 Å². The lowest BCUT2D eigenvalue weighted by atomic mass is 10.0. The van der Waals surface area contributed by atoms with Gasteiger partial charge in [-0.25, -0.2) is 0 Å². The smallest absolute Gasteiger partial charge is 0.251 e. The summed E-state index contributed by atoms with van der Waals surface area (Å²) in [5, 5.41) is 6.38. The third-order valence-corrected chi connectivity index (χ3v) is 5.40. The summed E-state index contributed by atoms with van der Waals surface area (Å²) in [7, 11) is 0. The van der Waals surface area contributed by atoms with Crippen LogP contribution in [-0.4, -0.2) is 37.0 Å². The van der Waals surface area contributed by atoms with Crippen molar-refractivity contribution in [2.45, 2.75) is 13.1 Å². The Bertz CT molecular complexity index is 1010. The average Bonchev–Trinajstić information content (AvgIpc) is 2.78. The summed E-state index contributed by atoms with van der Waals surface area (Å²) in [4.78, 5) is 14.9. The number of nitrogen functional groups attached to an aromatic ring is 1. The van der Waals surface area contributed by atoms with Crippen molar-refractivity contribution >= 4 is 11.6 Å². The van der Waals surface area contributed by atoms with Gasteiger partial charge in [0.2, 0.25) is 0 Å². The van der Waals surface area contributed by atoms with E-state index in [2.05, 4.69) is 51.9 Å². The predicted octanol–water partition coefficient (Wildman–Crippen LogP) is 3.27. The number of nitrogens with zero attached hydrogens (tertiary/aromatic N) is 1. The van der Waals surface area contributed by atoms with Crippen LogP contribution in [0.5, 0.6) is 0 Å². The molecule has 4 N–H and O–H groups in total. The fraction of sp³-hybridized carbons (Fsp3) is 0.240. The van der Waals surface area contributed by atoms with Gasteiger partial charge in [0.15, 0.2) is 0 Å². The molecule has 1 aliphatic heterocycles. The maximum atomic E-state index is 12.4. The summed E-state index contributed by atoms with van der Waals surface area (Å²) in [6, 6.07) is 24.1. The van der Waals surface area contributed by atoms with Gasteiger partial charge in [0.25, 0.3) is 5.91 Å².